The molecule has 0 saturated heterocycles. The number of ether oxygens (including phenoxy) is 1. The highest BCUT2D eigenvalue weighted by Crippen LogP contribution is 2.03. The summed E-state index contributed by atoms with van der Waals surface area (Å²) in [4.78, 5) is 26.4. The predicted molar refractivity (Wildman–Crippen MR) is 57.5 cm³/mol. The van der Waals surface area contributed by atoms with Gasteiger partial charge in [-0.3, -0.25) is 9.78 Å². The first-order valence-electron chi connectivity index (χ1n) is 4.78. The van der Waals surface area contributed by atoms with Crippen molar-refractivity contribution in [3.63, 3.8) is 0 Å². The molecule has 16 heavy (non-hydrogen) atoms. The van der Waals surface area contributed by atoms with E-state index in [2.05, 4.69) is 15.0 Å². The smallest absolute Gasteiger partial charge is 0.332 e. The fourth-order valence-corrected chi connectivity index (χ4v) is 0.994. The third-order valence-corrected chi connectivity index (χ3v) is 1.77. The van der Waals surface area contributed by atoms with Gasteiger partial charge in [0.25, 0.3) is 5.91 Å². The van der Waals surface area contributed by atoms with Crippen LogP contribution in [0.5, 0.6) is 0 Å². The summed E-state index contributed by atoms with van der Waals surface area (Å²) >= 11 is 0. The average Bonchev–Trinajstić information content (AvgIpc) is 2.29. The maximum absolute atomic E-state index is 11.5. The normalized spacial score (nSPS) is 11.6. The van der Waals surface area contributed by atoms with E-state index in [0.29, 0.717) is 5.69 Å². The van der Waals surface area contributed by atoms with Gasteiger partial charge in [0.2, 0.25) is 0 Å². The number of aromatic nitrogens is 1. The van der Waals surface area contributed by atoms with Gasteiger partial charge in [0.05, 0.1) is 6.61 Å². The minimum absolute atomic E-state index is 0.190. The Kier molecular flexibility index (Phi) is 4.41. The lowest BCUT2D eigenvalue weighted by molar-refractivity contribution is -0.146. The standard InChI is InChI=1S/C10H13N3O3/c1-2-16-10(15)8(11)9(14)13-7-3-5-12-6-4-7/h3-6,8H,2,11H2,1H3,(H,12,13,14). The lowest BCUT2D eigenvalue weighted by Gasteiger charge is -2.10. The van der Waals surface area contributed by atoms with Crippen molar-refractivity contribution in [1.29, 1.82) is 0 Å². The monoisotopic (exact) mass is 223 g/mol. The Morgan fingerprint density at radius 2 is 2.12 bits per heavy atom. The van der Waals surface area contributed by atoms with Gasteiger partial charge in [0, 0.05) is 18.1 Å². The van der Waals surface area contributed by atoms with E-state index in [9.17, 15) is 9.59 Å². The van der Waals surface area contributed by atoms with Gasteiger partial charge in [-0.1, -0.05) is 0 Å². The number of rotatable bonds is 4. The molecule has 0 aliphatic heterocycles. The van der Waals surface area contributed by atoms with Crippen molar-refractivity contribution in [3.05, 3.63) is 24.5 Å². The second kappa shape index (κ2) is 5.82. The zero-order valence-corrected chi connectivity index (χ0v) is 8.84. The summed E-state index contributed by atoms with van der Waals surface area (Å²) in [6.45, 7) is 1.83. The minimum atomic E-state index is -1.31. The van der Waals surface area contributed by atoms with Crippen molar-refractivity contribution in [1.82, 2.24) is 4.98 Å². The lowest BCUT2D eigenvalue weighted by atomic mass is 10.3. The Balaban J connectivity index is 2.56. The number of nitrogens with two attached hydrogens (primary N) is 1. The maximum Gasteiger partial charge on any atom is 0.332 e. The molecule has 0 radical (unpaired) electrons. The highest BCUT2D eigenvalue weighted by Gasteiger charge is 2.23. The number of esters is 1. The topological polar surface area (TPSA) is 94.3 Å². The molecule has 1 aromatic heterocycles. The first-order chi connectivity index (χ1) is 7.65. The van der Waals surface area contributed by atoms with Crippen LogP contribution in [0.15, 0.2) is 24.5 Å². The van der Waals surface area contributed by atoms with Crippen LogP contribution < -0.4 is 11.1 Å². The minimum Gasteiger partial charge on any atom is -0.464 e. The number of carbonyl (C=O) groups excluding carboxylic acids is 2. The van der Waals surface area contributed by atoms with E-state index >= 15 is 0 Å². The molecule has 3 N–H and O–H groups in total. The first kappa shape index (κ1) is 12.1. The summed E-state index contributed by atoms with van der Waals surface area (Å²) in [5.41, 5.74) is 5.92. The van der Waals surface area contributed by atoms with E-state index in [1.165, 1.54) is 12.4 Å². The van der Waals surface area contributed by atoms with Crippen LogP contribution in [-0.2, 0) is 14.3 Å². The SMILES string of the molecule is CCOC(=O)C(N)C(=O)Nc1ccncc1. The number of nitrogens with zero attached hydrogens (tertiary/aromatic N) is 1. The van der Waals surface area contributed by atoms with E-state index in [1.807, 2.05) is 0 Å². The summed E-state index contributed by atoms with van der Waals surface area (Å²) in [5, 5.41) is 2.48. The molecule has 6 heteroatoms. The van der Waals surface area contributed by atoms with Crippen LogP contribution in [0.2, 0.25) is 0 Å². The van der Waals surface area contributed by atoms with E-state index in [0.717, 1.165) is 0 Å². The Labute approximate surface area is 92.8 Å². The van der Waals surface area contributed by atoms with Gasteiger partial charge in [0.15, 0.2) is 6.04 Å². The van der Waals surface area contributed by atoms with Crippen molar-refractivity contribution < 1.29 is 14.3 Å². The highest BCUT2D eigenvalue weighted by atomic mass is 16.5. The van der Waals surface area contributed by atoms with Gasteiger partial charge in [-0.2, -0.15) is 0 Å². The number of hydrogen-bond donors (Lipinski definition) is 2. The summed E-state index contributed by atoms with van der Waals surface area (Å²) in [7, 11) is 0. The van der Waals surface area contributed by atoms with Crippen LogP contribution >= 0.6 is 0 Å². The van der Waals surface area contributed by atoms with Crippen molar-refractivity contribution in [2.75, 3.05) is 11.9 Å². The molecule has 0 aromatic carbocycles. The zero-order valence-electron chi connectivity index (χ0n) is 8.84. The van der Waals surface area contributed by atoms with Crippen molar-refractivity contribution >= 4 is 17.6 Å². The number of pyridine rings is 1. The molecule has 1 heterocycles. The lowest BCUT2D eigenvalue weighted by Crippen LogP contribution is -2.43. The number of anilines is 1. The fourth-order valence-electron chi connectivity index (χ4n) is 0.994. The van der Waals surface area contributed by atoms with Crippen LogP contribution in [0.25, 0.3) is 0 Å². The summed E-state index contributed by atoms with van der Waals surface area (Å²) < 4.78 is 4.63. The maximum atomic E-state index is 11.5. The third kappa shape index (κ3) is 3.32. The number of carbonyl (C=O) groups is 2. The molecule has 86 valence electrons. The van der Waals surface area contributed by atoms with Gasteiger partial charge < -0.3 is 15.8 Å². The van der Waals surface area contributed by atoms with Crippen LogP contribution in [0, 0.1) is 0 Å². The van der Waals surface area contributed by atoms with E-state index in [4.69, 9.17) is 5.73 Å². The van der Waals surface area contributed by atoms with Gasteiger partial charge in [-0.25, -0.2) is 4.79 Å². The zero-order chi connectivity index (χ0) is 12.0. The van der Waals surface area contributed by atoms with Gasteiger partial charge in [-0.15, -0.1) is 0 Å². The van der Waals surface area contributed by atoms with Crippen LogP contribution in [-0.4, -0.2) is 29.5 Å². The van der Waals surface area contributed by atoms with E-state index < -0.39 is 17.9 Å². The molecular formula is C10H13N3O3. The molecular weight excluding hydrogens is 210 g/mol. The Bertz CT molecular complexity index is 367. The summed E-state index contributed by atoms with van der Waals surface area (Å²) in [6, 6.07) is 1.87. The number of nitrogens with one attached hydrogen (secondary N) is 1. The number of hydrogen-bond acceptors (Lipinski definition) is 5. The molecule has 0 aliphatic rings. The third-order valence-electron chi connectivity index (χ3n) is 1.77. The van der Waals surface area contributed by atoms with E-state index in [-0.39, 0.29) is 6.61 Å². The fraction of sp³-hybridized carbons (Fsp3) is 0.300. The molecule has 0 bridgehead atoms. The van der Waals surface area contributed by atoms with Crippen molar-refractivity contribution in [3.8, 4) is 0 Å². The second-order valence-corrected chi connectivity index (χ2v) is 2.95. The molecule has 0 fully saturated rings. The summed E-state index contributed by atoms with van der Waals surface area (Å²) in [5.74, 6) is -1.35. The summed E-state index contributed by atoms with van der Waals surface area (Å²) in [6.07, 6.45) is 3.04. The quantitative estimate of drug-likeness (QED) is 0.549. The molecule has 6 nitrogen and oxygen atoms in total. The molecule has 0 aliphatic carbocycles. The van der Waals surface area contributed by atoms with Crippen LogP contribution in [0.1, 0.15) is 6.92 Å². The second-order valence-electron chi connectivity index (χ2n) is 2.95. The molecule has 0 spiro atoms. The van der Waals surface area contributed by atoms with Crippen LogP contribution in [0.4, 0.5) is 5.69 Å². The highest BCUT2D eigenvalue weighted by molar-refractivity contribution is 6.08. The molecule has 1 amide bonds. The van der Waals surface area contributed by atoms with Crippen LogP contribution in [0.3, 0.4) is 0 Å². The molecule has 0 saturated carbocycles. The Morgan fingerprint density at radius 1 is 1.50 bits per heavy atom. The van der Waals surface area contributed by atoms with Crippen molar-refractivity contribution in [2.45, 2.75) is 13.0 Å². The van der Waals surface area contributed by atoms with Gasteiger partial charge in [-0.05, 0) is 19.1 Å². The number of amides is 1. The first-order valence-corrected chi connectivity index (χ1v) is 4.78. The molecule has 1 unspecified atom stereocenters. The Hall–Kier alpha value is -1.95. The van der Waals surface area contributed by atoms with Crippen molar-refractivity contribution in [2.24, 2.45) is 5.73 Å². The molecule has 1 rings (SSSR count). The van der Waals surface area contributed by atoms with Gasteiger partial charge in [0.1, 0.15) is 0 Å². The molecule has 1 aromatic rings. The predicted octanol–water partition coefficient (Wildman–Crippen LogP) is -0.0895. The largest absolute Gasteiger partial charge is 0.464 e. The average molecular weight is 223 g/mol. The van der Waals surface area contributed by atoms with E-state index in [1.54, 1.807) is 19.1 Å². The molecule has 1 atom stereocenters. The van der Waals surface area contributed by atoms with Gasteiger partial charge >= 0.3 is 5.97 Å². The Morgan fingerprint density at radius 3 is 2.69 bits per heavy atom.